The Morgan fingerprint density at radius 1 is 0.652 bits per heavy atom. The van der Waals surface area contributed by atoms with Crippen LogP contribution < -0.4 is 0 Å². The van der Waals surface area contributed by atoms with E-state index in [0.717, 1.165) is 36.9 Å². The molecule has 0 aromatic carbocycles. The molecule has 2 aliphatic rings. The Labute approximate surface area is 146 Å². The Morgan fingerprint density at radius 3 is 1.78 bits per heavy atom. The number of unbranched alkanes of at least 4 members (excludes halogenated alkanes) is 3. The second-order valence-corrected chi connectivity index (χ2v) is 8.49. The summed E-state index contributed by atoms with van der Waals surface area (Å²) in [5, 5.41) is 0. The highest BCUT2D eigenvalue weighted by Gasteiger charge is 2.30. The van der Waals surface area contributed by atoms with Gasteiger partial charge >= 0.3 is 0 Å². The summed E-state index contributed by atoms with van der Waals surface area (Å²) in [7, 11) is 0. The van der Waals surface area contributed by atoms with Crippen molar-refractivity contribution in [1.29, 1.82) is 0 Å². The fraction of sp³-hybridized carbons (Fsp3) is 1.00. The lowest BCUT2D eigenvalue weighted by atomic mass is 9.69. The lowest BCUT2D eigenvalue weighted by molar-refractivity contribution is 0.0632. The maximum Gasteiger partial charge on any atom is 0.0494 e. The Kier molecular flexibility index (Phi) is 9.65. The van der Waals surface area contributed by atoms with Gasteiger partial charge in [0.25, 0.3) is 0 Å². The minimum absolute atomic E-state index is 0.869. The topological polar surface area (TPSA) is 9.23 Å². The first-order valence-corrected chi connectivity index (χ1v) is 10.9. The van der Waals surface area contributed by atoms with Crippen LogP contribution in [0, 0.1) is 23.7 Å². The second kappa shape index (κ2) is 11.5. The number of rotatable bonds is 10. The average Bonchev–Trinajstić information content (AvgIpc) is 2.60. The van der Waals surface area contributed by atoms with Crippen molar-refractivity contribution in [1.82, 2.24) is 0 Å². The zero-order valence-electron chi connectivity index (χ0n) is 16.0. The standard InChI is InChI=1S/C22H42O/c1-3-5-7-8-19-9-13-21(14-10-19)22-15-11-20(12-16-22)18-23-17-6-4-2/h19-22H,3-18H2,1-2H3. The quantitative estimate of drug-likeness (QED) is 0.393. The average molecular weight is 323 g/mol. The monoisotopic (exact) mass is 322 g/mol. The van der Waals surface area contributed by atoms with E-state index in [2.05, 4.69) is 13.8 Å². The molecule has 0 radical (unpaired) electrons. The maximum absolute atomic E-state index is 5.86. The highest BCUT2D eigenvalue weighted by atomic mass is 16.5. The van der Waals surface area contributed by atoms with Crippen LogP contribution in [0.15, 0.2) is 0 Å². The fourth-order valence-electron chi connectivity index (χ4n) is 4.95. The van der Waals surface area contributed by atoms with Gasteiger partial charge in [0, 0.05) is 13.2 Å². The van der Waals surface area contributed by atoms with Gasteiger partial charge < -0.3 is 4.74 Å². The summed E-state index contributed by atoms with van der Waals surface area (Å²) in [6.07, 6.45) is 20.3. The summed E-state index contributed by atoms with van der Waals surface area (Å²) >= 11 is 0. The largest absolute Gasteiger partial charge is 0.381 e. The normalized spacial score (nSPS) is 32.1. The third-order valence-electron chi connectivity index (χ3n) is 6.66. The predicted octanol–water partition coefficient (Wildman–Crippen LogP) is 7.00. The van der Waals surface area contributed by atoms with E-state index in [0.29, 0.717) is 0 Å². The Hall–Kier alpha value is -0.0400. The molecular formula is C22H42O. The van der Waals surface area contributed by atoms with E-state index in [-0.39, 0.29) is 0 Å². The number of ether oxygens (including phenoxy) is 1. The van der Waals surface area contributed by atoms with Crippen molar-refractivity contribution >= 4 is 0 Å². The molecule has 136 valence electrons. The van der Waals surface area contributed by atoms with Crippen molar-refractivity contribution in [3.05, 3.63) is 0 Å². The summed E-state index contributed by atoms with van der Waals surface area (Å²) in [4.78, 5) is 0. The highest BCUT2D eigenvalue weighted by molar-refractivity contribution is 4.82. The molecule has 0 unspecified atom stereocenters. The van der Waals surface area contributed by atoms with Crippen LogP contribution in [-0.4, -0.2) is 13.2 Å². The predicted molar refractivity (Wildman–Crippen MR) is 101 cm³/mol. The van der Waals surface area contributed by atoms with Gasteiger partial charge in [0.05, 0.1) is 0 Å². The smallest absolute Gasteiger partial charge is 0.0494 e. The van der Waals surface area contributed by atoms with Gasteiger partial charge in [-0.3, -0.25) is 0 Å². The summed E-state index contributed by atoms with van der Waals surface area (Å²) in [6.45, 7) is 6.59. The molecule has 0 spiro atoms. The van der Waals surface area contributed by atoms with E-state index in [1.165, 1.54) is 77.0 Å². The molecular weight excluding hydrogens is 280 g/mol. The summed E-state index contributed by atoms with van der Waals surface area (Å²) < 4.78 is 5.86. The molecule has 2 saturated carbocycles. The van der Waals surface area contributed by atoms with Gasteiger partial charge in [-0.2, -0.15) is 0 Å². The van der Waals surface area contributed by atoms with Gasteiger partial charge in [-0.15, -0.1) is 0 Å². The van der Waals surface area contributed by atoms with E-state index in [9.17, 15) is 0 Å². The highest BCUT2D eigenvalue weighted by Crippen LogP contribution is 2.42. The molecule has 2 rings (SSSR count). The third-order valence-corrected chi connectivity index (χ3v) is 6.66. The van der Waals surface area contributed by atoms with Crippen LogP contribution in [0.1, 0.15) is 104 Å². The van der Waals surface area contributed by atoms with Crippen molar-refractivity contribution in [2.75, 3.05) is 13.2 Å². The molecule has 0 atom stereocenters. The van der Waals surface area contributed by atoms with Gasteiger partial charge in [0.1, 0.15) is 0 Å². The first-order valence-electron chi connectivity index (χ1n) is 10.9. The Morgan fingerprint density at radius 2 is 1.22 bits per heavy atom. The van der Waals surface area contributed by atoms with E-state index in [4.69, 9.17) is 4.74 Å². The summed E-state index contributed by atoms with van der Waals surface area (Å²) in [6, 6.07) is 0. The van der Waals surface area contributed by atoms with Crippen molar-refractivity contribution in [3.8, 4) is 0 Å². The molecule has 0 saturated heterocycles. The third kappa shape index (κ3) is 7.16. The van der Waals surface area contributed by atoms with E-state index >= 15 is 0 Å². The molecule has 1 heteroatoms. The number of hydrogen-bond acceptors (Lipinski definition) is 1. The van der Waals surface area contributed by atoms with Gasteiger partial charge in [0.15, 0.2) is 0 Å². The zero-order valence-corrected chi connectivity index (χ0v) is 16.0. The van der Waals surface area contributed by atoms with E-state index < -0.39 is 0 Å². The summed E-state index contributed by atoms with van der Waals surface area (Å²) in [5.74, 6) is 4.06. The molecule has 0 aromatic rings. The fourth-order valence-corrected chi connectivity index (χ4v) is 4.95. The van der Waals surface area contributed by atoms with Crippen molar-refractivity contribution in [2.45, 2.75) is 104 Å². The minimum atomic E-state index is 0.869. The van der Waals surface area contributed by atoms with Crippen LogP contribution in [-0.2, 0) is 4.74 Å². The van der Waals surface area contributed by atoms with Crippen molar-refractivity contribution in [2.24, 2.45) is 23.7 Å². The minimum Gasteiger partial charge on any atom is -0.381 e. The molecule has 0 heterocycles. The van der Waals surface area contributed by atoms with Gasteiger partial charge in [-0.05, 0) is 68.6 Å². The van der Waals surface area contributed by atoms with Crippen molar-refractivity contribution in [3.63, 3.8) is 0 Å². The van der Waals surface area contributed by atoms with Crippen LogP contribution >= 0.6 is 0 Å². The van der Waals surface area contributed by atoms with Gasteiger partial charge in [0.2, 0.25) is 0 Å². The Bertz CT molecular complexity index is 272. The maximum atomic E-state index is 5.86. The SMILES string of the molecule is CCCCCC1CCC(C2CCC(COCCCC)CC2)CC1. The molecule has 2 aliphatic carbocycles. The molecule has 0 aromatic heterocycles. The van der Waals surface area contributed by atoms with Gasteiger partial charge in [-0.1, -0.05) is 58.8 Å². The lowest BCUT2D eigenvalue weighted by Crippen LogP contribution is -2.27. The molecule has 23 heavy (non-hydrogen) atoms. The first kappa shape index (κ1) is 19.3. The lowest BCUT2D eigenvalue weighted by Gasteiger charge is -2.38. The van der Waals surface area contributed by atoms with Crippen LogP contribution in [0.3, 0.4) is 0 Å². The molecule has 1 nitrogen and oxygen atoms in total. The van der Waals surface area contributed by atoms with Crippen LogP contribution in [0.25, 0.3) is 0 Å². The van der Waals surface area contributed by atoms with Crippen LogP contribution in [0.4, 0.5) is 0 Å². The van der Waals surface area contributed by atoms with Gasteiger partial charge in [-0.25, -0.2) is 0 Å². The zero-order chi connectivity index (χ0) is 16.3. The molecule has 0 bridgehead atoms. The summed E-state index contributed by atoms with van der Waals surface area (Å²) in [5.41, 5.74) is 0. The van der Waals surface area contributed by atoms with Crippen LogP contribution in [0.5, 0.6) is 0 Å². The van der Waals surface area contributed by atoms with Crippen LogP contribution in [0.2, 0.25) is 0 Å². The van der Waals surface area contributed by atoms with E-state index in [1.54, 1.807) is 12.8 Å². The molecule has 2 fully saturated rings. The molecule has 0 N–H and O–H groups in total. The first-order chi connectivity index (χ1) is 11.3. The number of hydrogen-bond donors (Lipinski definition) is 0. The molecule has 0 amide bonds. The molecule has 0 aliphatic heterocycles. The Balaban J connectivity index is 1.55. The van der Waals surface area contributed by atoms with E-state index in [1.807, 2.05) is 0 Å². The second-order valence-electron chi connectivity index (χ2n) is 8.49. The van der Waals surface area contributed by atoms with Crippen molar-refractivity contribution < 1.29 is 4.74 Å².